The van der Waals surface area contributed by atoms with E-state index in [1.807, 2.05) is 38.6 Å². The quantitative estimate of drug-likeness (QED) is 0.543. The van der Waals surface area contributed by atoms with E-state index in [-0.39, 0.29) is 30.1 Å². The zero-order valence-electron chi connectivity index (χ0n) is 19.9. The number of fused-ring (bicyclic) bond motifs is 1. The summed E-state index contributed by atoms with van der Waals surface area (Å²) in [5.74, 6) is -0.0846. The summed E-state index contributed by atoms with van der Waals surface area (Å²) in [6, 6.07) is 12.3. The first-order valence-corrected chi connectivity index (χ1v) is 12.6. The van der Waals surface area contributed by atoms with Crippen molar-refractivity contribution in [1.29, 1.82) is 0 Å². The number of hydrogen-bond acceptors (Lipinski definition) is 3. The Labute approximate surface area is 209 Å². The van der Waals surface area contributed by atoms with Gasteiger partial charge in [0.05, 0.1) is 11.1 Å². The van der Waals surface area contributed by atoms with Crippen LogP contribution in [0, 0.1) is 5.82 Å². The Morgan fingerprint density at radius 1 is 0.971 bits per heavy atom. The zero-order chi connectivity index (χ0) is 24.5. The number of nitrogens with zero attached hydrogens (tertiary/aromatic N) is 4. The van der Waals surface area contributed by atoms with E-state index >= 15 is 0 Å². The molecule has 2 aliphatic rings. The number of piperazine rings is 1. The van der Waals surface area contributed by atoms with Crippen LogP contribution in [0.3, 0.4) is 0 Å². The third kappa shape index (κ3) is 4.93. The minimum Gasteiger partial charge on any atom is -0.339 e. The van der Waals surface area contributed by atoms with E-state index in [9.17, 15) is 14.0 Å². The lowest BCUT2D eigenvalue weighted by Gasteiger charge is -2.32. The number of halogens is 2. The molecule has 0 radical (unpaired) electrons. The standard InChI is InChI=1S/C27H30ClFN4O2/c1-30-12-14-31(15-13-30)26(34)18-33-17-23(22-7-6-20(28)16-25(22)33)27(35)32-10-8-19(9-11-32)21-4-2-3-5-24(21)29/h2-7,16-17,19H,8-15,18H2,1H3. The molecule has 0 aliphatic carbocycles. The molecule has 35 heavy (non-hydrogen) atoms. The van der Waals surface area contributed by atoms with Crippen LogP contribution in [0.15, 0.2) is 48.7 Å². The molecule has 5 rings (SSSR count). The summed E-state index contributed by atoms with van der Waals surface area (Å²) in [6.45, 7) is 4.43. The van der Waals surface area contributed by atoms with E-state index in [1.165, 1.54) is 6.07 Å². The van der Waals surface area contributed by atoms with Crippen LogP contribution in [0.4, 0.5) is 4.39 Å². The fraction of sp³-hybridized carbons (Fsp3) is 0.407. The maximum absolute atomic E-state index is 14.2. The fourth-order valence-corrected chi connectivity index (χ4v) is 5.40. The van der Waals surface area contributed by atoms with Crippen LogP contribution in [0.25, 0.3) is 10.9 Å². The summed E-state index contributed by atoms with van der Waals surface area (Å²) in [4.78, 5) is 32.5. The van der Waals surface area contributed by atoms with Gasteiger partial charge in [-0.25, -0.2) is 4.39 Å². The monoisotopic (exact) mass is 496 g/mol. The highest BCUT2D eigenvalue weighted by molar-refractivity contribution is 6.31. The van der Waals surface area contributed by atoms with E-state index in [2.05, 4.69) is 11.9 Å². The first-order valence-electron chi connectivity index (χ1n) is 12.2. The van der Waals surface area contributed by atoms with Crippen LogP contribution < -0.4 is 0 Å². The molecule has 2 fully saturated rings. The van der Waals surface area contributed by atoms with Crippen LogP contribution >= 0.6 is 11.6 Å². The molecular weight excluding hydrogens is 467 g/mol. The summed E-state index contributed by atoms with van der Waals surface area (Å²) < 4.78 is 16.1. The van der Waals surface area contributed by atoms with Crippen molar-refractivity contribution < 1.29 is 14.0 Å². The van der Waals surface area contributed by atoms with Crippen molar-refractivity contribution in [2.75, 3.05) is 46.3 Å². The van der Waals surface area contributed by atoms with Gasteiger partial charge in [-0.05, 0) is 49.6 Å². The molecule has 6 nitrogen and oxygen atoms in total. The van der Waals surface area contributed by atoms with Gasteiger partial charge in [-0.15, -0.1) is 0 Å². The Morgan fingerprint density at radius 3 is 2.40 bits per heavy atom. The molecule has 2 amide bonds. The van der Waals surface area contributed by atoms with Crippen LogP contribution in [-0.4, -0.2) is 77.4 Å². The number of aromatic nitrogens is 1. The van der Waals surface area contributed by atoms with Crippen LogP contribution in [0.2, 0.25) is 5.02 Å². The number of likely N-dealkylation sites (N-methyl/N-ethyl adjacent to an activating group) is 1. The van der Waals surface area contributed by atoms with Gasteiger partial charge >= 0.3 is 0 Å². The zero-order valence-corrected chi connectivity index (χ0v) is 20.7. The molecular formula is C27H30ClFN4O2. The fourth-order valence-electron chi connectivity index (χ4n) is 5.24. The molecule has 2 aromatic carbocycles. The maximum atomic E-state index is 14.2. The van der Waals surface area contributed by atoms with Gasteiger partial charge in [-0.1, -0.05) is 35.9 Å². The number of carbonyl (C=O) groups is 2. The van der Waals surface area contributed by atoms with E-state index in [0.717, 1.165) is 42.4 Å². The van der Waals surface area contributed by atoms with Gasteiger partial charge in [0.25, 0.3) is 5.91 Å². The van der Waals surface area contributed by atoms with Crippen molar-refractivity contribution in [2.24, 2.45) is 0 Å². The molecule has 3 aromatic rings. The average molecular weight is 497 g/mol. The molecule has 0 N–H and O–H groups in total. The van der Waals surface area contributed by atoms with E-state index in [0.29, 0.717) is 36.8 Å². The summed E-state index contributed by atoms with van der Waals surface area (Å²) in [5.41, 5.74) is 2.09. The highest BCUT2D eigenvalue weighted by Crippen LogP contribution is 2.32. The minimum absolute atomic E-state index is 0.0414. The van der Waals surface area contributed by atoms with Gasteiger partial charge < -0.3 is 19.3 Å². The number of amides is 2. The van der Waals surface area contributed by atoms with Crippen molar-refractivity contribution in [3.05, 3.63) is 70.6 Å². The molecule has 1 aromatic heterocycles. The Balaban J connectivity index is 1.34. The van der Waals surface area contributed by atoms with Crippen molar-refractivity contribution in [3.63, 3.8) is 0 Å². The summed E-state index contributed by atoms with van der Waals surface area (Å²) >= 11 is 6.28. The Bertz CT molecular complexity index is 1240. The number of carbonyl (C=O) groups excluding carboxylic acids is 2. The Kier molecular flexibility index (Phi) is 6.80. The van der Waals surface area contributed by atoms with Crippen LogP contribution in [-0.2, 0) is 11.3 Å². The minimum atomic E-state index is -0.178. The van der Waals surface area contributed by atoms with E-state index < -0.39 is 0 Å². The molecule has 0 atom stereocenters. The molecule has 0 spiro atoms. The molecule has 0 saturated carbocycles. The Hall–Kier alpha value is -2.90. The van der Waals surface area contributed by atoms with Crippen molar-refractivity contribution >= 4 is 34.3 Å². The van der Waals surface area contributed by atoms with Gasteiger partial charge in [-0.2, -0.15) is 0 Å². The van der Waals surface area contributed by atoms with Gasteiger partial charge in [0.2, 0.25) is 5.91 Å². The molecule has 0 unspecified atom stereocenters. The predicted molar refractivity (Wildman–Crippen MR) is 135 cm³/mol. The highest BCUT2D eigenvalue weighted by atomic mass is 35.5. The topological polar surface area (TPSA) is 48.8 Å². The number of likely N-dealkylation sites (tertiary alicyclic amines) is 1. The lowest BCUT2D eigenvalue weighted by molar-refractivity contribution is -0.133. The first kappa shape index (κ1) is 23.8. The van der Waals surface area contributed by atoms with E-state index in [1.54, 1.807) is 18.3 Å². The third-order valence-corrected chi connectivity index (χ3v) is 7.60. The summed E-state index contributed by atoms with van der Waals surface area (Å²) in [5, 5.41) is 1.36. The second kappa shape index (κ2) is 9.99. The molecule has 2 aliphatic heterocycles. The summed E-state index contributed by atoms with van der Waals surface area (Å²) in [7, 11) is 2.06. The molecule has 8 heteroatoms. The normalized spacial score (nSPS) is 17.8. The summed E-state index contributed by atoms with van der Waals surface area (Å²) in [6.07, 6.45) is 3.23. The van der Waals surface area contributed by atoms with Gasteiger partial charge in [0.1, 0.15) is 12.4 Å². The molecule has 2 saturated heterocycles. The first-order chi connectivity index (χ1) is 16.9. The van der Waals surface area contributed by atoms with Gasteiger partial charge in [0, 0.05) is 55.9 Å². The number of hydrogen-bond donors (Lipinski definition) is 0. The van der Waals surface area contributed by atoms with Crippen molar-refractivity contribution in [3.8, 4) is 0 Å². The second-order valence-corrected chi connectivity index (χ2v) is 10.0. The smallest absolute Gasteiger partial charge is 0.256 e. The number of piperidine rings is 1. The lowest BCUT2D eigenvalue weighted by Crippen LogP contribution is -2.48. The third-order valence-electron chi connectivity index (χ3n) is 7.36. The van der Waals surface area contributed by atoms with Crippen LogP contribution in [0.5, 0.6) is 0 Å². The Morgan fingerprint density at radius 2 is 1.69 bits per heavy atom. The number of rotatable bonds is 4. The molecule has 0 bridgehead atoms. The average Bonchev–Trinajstić information content (AvgIpc) is 3.21. The molecule has 184 valence electrons. The van der Waals surface area contributed by atoms with Crippen molar-refractivity contribution in [2.45, 2.75) is 25.3 Å². The SMILES string of the molecule is CN1CCN(C(=O)Cn2cc(C(=O)N3CCC(c4ccccc4F)CC3)c3ccc(Cl)cc32)CC1. The van der Waals surface area contributed by atoms with Gasteiger partial charge in [0.15, 0.2) is 0 Å². The largest absolute Gasteiger partial charge is 0.339 e. The van der Waals surface area contributed by atoms with E-state index in [4.69, 9.17) is 11.6 Å². The lowest BCUT2D eigenvalue weighted by atomic mass is 9.89. The second-order valence-electron chi connectivity index (χ2n) is 9.60. The predicted octanol–water partition coefficient (Wildman–Crippen LogP) is 4.23. The maximum Gasteiger partial charge on any atom is 0.256 e. The van der Waals surface area contributed by atoms with Crippen LogP contribution in [0.1, 0.15) is 34.7 Å². The highest BCUT2D eigenvalue weighted by Gasteiger charge is 2.28. The van der Waals surface area contributed by atoms with Crippen molar-refractivity contribution in [1.82, 2.24) is 19.3 Å². The van der Waals surface area contributed by atoms with Gasteiger partial charge in [-0.3, -0.25) is 9.59 Å². The molecule has 3 heterocycles. The number of benzene rings is 2.